The van der Waals surface area contributed by atoms with Gasteiger partial charge in [-0.05, 0) is 54.7 Å². The van der Waals surface area contributed by atoms with Crippen molar-refractivity contribution in [1.82, 2.24) is 9.97 Å². The molecule has 1 saturated heterocycles. The molecule has 0 atom stereocenters. The van der Waals surface area contributed by atoms with Crippen LogP contribution in [-0.4, -0.2) is 28.8 Å². The maximum absolute atomic E-state index is 12.9. The van der Waals surface area contributed by atoms with Crippen LogP contribution >= 0.6 is 11.6 Å². The van der Waals surface area contributed by atoms with E-state index in [0.717, 1.165) is 59.2 Å². The lowest BCUT2D eigenvalue weighted by Crippen LogP contribution is -2.37. The second-order valence-electron chi connectivity index (χ2n) is 7.22. The van der Waals surface area contributed by atoms with Crippen molar-refractivity contribution in [3.8, 4) is 11.1 Å². The molecule has 0 amide bonds. The Bertz CT molecular complexity index is 965. The number of Topliss-reactive ketones (excluding diaryl/α,β-unsaturated/α-hetero) is 1. The van der Waals surface area contributed by atoms with Crippen LogP contribution < -0.4 is 4.90 Å². The predicted molar refractivity (Wildman–Crippen MR) is 113 cm³/mol. The van der Waals surface area contributed by atoms with Crippen LogP contribution in [0.1, 0.15) is 28.8 Å². The fourth-order valence-electron chi connectivity index (χ4n) is 3.68. The Hall–Kier alpha value is -2.72. The van der Waals surface area contributed by atoms with Gasteiger partial charge in [0.1, 0.15) is 0 Å². The number of aromatic nitrogens is 2. The lowest BCUT2D eigenvalue weighted by atomic mass is 9.88. The van der Waals surface area contributed by atoms with Crippen LogP contribution in [-0.2, 0) is 0 Å². The second-order valence-corrected chi connectivity index (χ2v) is 7.62. The van der Waals surface area contributed by atoms with E-state index in [1.54, 1.807) is 12.4 Å². The number of carbonyl (C=O) groups is 1. The molecule has 1 aromatic heterocycles. The van der Waals surface area contributed by atoms with Crippen molar-refractivity contribution < 1.29 is 4.79 Å². The first-order valence-corrected chi connectivity index (χ1v) is 9.92. The van der Waals surface area contributed by atoms with Gasteiger partial charge >= 0.3 is 0 Å². The molecule has 3 aromatic rings. The summed E-state index contributed by atoms with van der Waals surface area (Å²) in [6, 6.07) is 15.7. The Kier molecular flexibility index (Phi) is 5.40. The fourth-order valence-corrected chi connectivity index (χ4v) is 3.80. The molecule has 4 nitrogen and oxygen atoms in total. The van der Waals surface area contributed by atoms with Crippen molar-refractivity contribution in [2.45, 2.75) is 19.8 Å². The predicted octanol–water partition coefficient (Wildman–Crippen LogP) is 5.20. The molecule has 0 aliphatic carbocycles. The number of aryl methyl sites for hydroxylation is 1. The van der Waals surface area contributed by atoms with Crippen LogP contribution in [0, 0.1) is 12.8 Å². The van der Waals surface area contributed by atoms with E-state index in [1.165, 1.54) is 0 Å². The smallest absolute Gasteiger partial charge is 0.225 e. The van der Waals surface area contributed by atoms with Crippen LogP contribution in [0.25, 0.3) is 11.1 Å². The minimum absolute atomic E-state index is 0.0589. The van der Waals surface area contributed by atoms with Gasteiger partial charge in [0.2, 0.25) is 5.95 Å². The van der Waals surface area contributed by atoms with Crippen LogP contribution in [0.2, 0.25) is 5.02 Å². The topological polar surface area (TPSA) is 46.1 Å². The quantitative estimate of drug-likeness (QED) is 0.573. The molecule has 1 aliphatic heterocycles. The SMILES string of the molecule is Cc1cc(-c2ccc(C(=O)C3CCN(c4ncccn4)CC3)cc2)ccc1Cl. The van der Waals surface area contributed by atoms with Crippen molar-refractivity contribution in [3.63, 3.8) is 0 Å². The van der Waals surface area contributed by atoms with Gasteiger partial charge in [-0.1, -0.05) is 41.9 Å². The molecule has 1 fully saturated rings. The Labute approximate surface area is 170 Å². The fraction of sp³-hybridized carbons (Fsp3) is 0.261. The minimum Gasteiger partial charge on any atom is -0.341 e. The third-order valence-electron chi connectivity index (χ3n) is 5.36. The van der Waals surface area contributed by atoms with Crippen molar-refractivity contribution >= 4 is 23.3 Å². The highest BCUT2D eigenvalue weighted by Gasteiger charge is 2.26. The van der Waals surface area contributed by atoms with E-state index in [0.29, 0.717) is 0 Å². The first-order chi connectivity index (χ1) is 13.6. The molecule has 2 heterocycles. The molecule has 0 bridgehead atoms. The van der Waals surface area contributed by atoms with Gasteiger partial charge in [-0.3, -0.25) is 4.79 Å². The van der Waals surface area contributed by atoms with Gasteiger partial charge in [0.15, 0.2) is 5.78 Å². The summed E-state index contributed by atoms with van der Waals surface area (Å²) in [5.41, 5.74) is 4.03. The molecule has 4 rings (SSSR count). The molecule has 28 heavy (non-hydrogen) atoms. The zero-order chi connectivity index (χ0) is 19.5. The van der Waals surface area contributed by atoms with Crippen molar-refractivity contribution in [1.29, 1.82) is 0 Å². The van der Waals surface area contributed by atoms with Crippen LogP contribution in [0.15, 0.2) is 60.9 Å². The van der Waals surface area contributed by atoms with E-state index in [9.17, 15) is 4.79 Å². The molecule has 5 heteroatoms. The summed E-state index contributed by atoms with van der Waals surface area (Å²) in [5, 5.41) is 0.766. The first-order valence-electron chi connectivity index (χ1n) is 9.54. The van der Waals surface area contributed by atoms with Crippen molar-refractivity contribution in [2.75, 3.05) is 18.0 Å². The average molecular weight is 392 g/mol. The number of rotatable bonds is 4. The molecule has 0 radical (unpaired) electrons. The zero-order valence-corrected chi connectivity index (χ0v) is 16.6. The summed E-state index contributed by atoms with van der Waals surface area (Å²) < 4.78 is 0. The monoisotopic (exact) mass is 391 g/mol. The number of piperidine rings is 1. The largest absolute Gasteiger partial charge is 0.341 e. The molecule has 1 aliphatic rings. The van der Waals surface area contributed by atoms with Gasteiger partial charge in [0, 0.05) is 42.0 Å². The molecular weight excluding hydrogens is 370 g/mol. The first kappa shape index (κ1) is 18.6. The van der Waals surface area contributed by atoms with E-state index < -0.39 is 0 Å². The Morgan fingerprint density at radius 3 is 2.29 bits per heavy atom. The van der Waals surface area contributed by atoms with Crippen LogP contribution in [0.3, 0.4) is 0 Å². The van der Waals surface area contributed by atoms with Crippen LogP contribution in [0.4, 0.5) is 5.95 Å². The summed E-state index contributed by atoms with van der Waals surface area (Å²) in [6.45, 7) is 3.61. The Balaban J connectivity index is 1.42. The molecule has 0 N–H and O–H groups in total. The van der Waals surface area contributed by atoms with Gasteiger partial charge in [-0.2, -0.15) is 0 Å². The number of hydrogen-bond acceptors (Lipinski definition) is 4. The van der Waals surface area contributed by atoms with Gasteiger partial charge < -0.3 is 4.90 Å². The van der Waals surface area contributed by atoms with Crippen molar-refractivity contribution in [3.05, 3.63) is 77.1 Å². The van der Waals surface area contributed by atoms with E-state index in [4.69, 9.17) is 11.6 Å². The zero-order valence-electron chi connectivity index (χ0n) is 15.8. The van der Waals surface area contributed by atoms with E-state index in [1.807, 2.05) is 49.4 Å². The van der Waals surface area contributed by atoms with Crippen LogP contribution in [0.5, 0.6) is 0 Å². The minimum atomic E-state index is 0.0589. The third-order valence-corrected chi connectivity index (χ3v) is 5.79. The standard InChI is InChI=1S/C23H22ClN3O/c1-16-15-20(7-8-21(16)24)17-3-5-18(6-4-17)22(28)19-9-13-27(14-10-19)23-25-11-2-12-26-23/h2-8,11-12,15,19H,9-10,13-14H2,1H3. The van der Waals surface area contributed by atoms with Gasteiger partial charge in [0.25, 0.3) is 0 Å². The van der Waals surface area contributed by atoms with Gasteiger partial charge in [-0.25, -0.2) is 9.97 Å². The Morgan fingerprint density at radius 2 is 1.64 bits per heavy atom. The molecule has 142 valence electrons. The summed E-state index contributed by atoms with van der Waals surface area (Å²) in [6.07, 6.45) is 5.16. The number of nitrogens with zero attached hydrogens (tertiary/aromatic N) is 3. The highest BCUT2D eigenvalue weighted by atomic mass is 35.5. The maximum Gasteiger partial charge on any atom is 0.225 e. The third kappa shape index (κ3) is 3.92. The number of carbonyl (C=O) groups excluding carboxylic acids is 1. The second kappa shape index (κ2) is 8.11. The lowest BCUT2D eigenvalue weighted by Gasteiger charge is -2.31. The highest BCUT2D eigenvalue weighted by Crippen LogP contribution is 2.27. The summed E-state index contributed by atoms with van der Waals surface area (Å²) in [4.78, 5) is 23.7. The number of ketones is 1. The van der Waals surface area contributed by atoms with E-state index in [2.05, 4.69) is 20.9 Å². The normalized spacial score (nSPS) is 14.9. The number of halogens is 1. The summed E-state index contributed by atoms with van der Waals surface area (Å²) in [5.74, 6) is 1.03. The molecule has 2 aromatic carbocycles. The maximum atomic E-state index is 12.9. The highest BCUT2D eigenvalue weighted by molar-refractivity contribution is 6.31. The molecular formula is C23H22ClN3O. The van der Waals surface area contributed by atoms with Gasteiger partial charge in [-0.15, -0.1) is 0 Å². The lowest BCUT2D eigenvalue weighted by molar-refractivity contribution is 0.0900. The van der Waals surface area contributed by atoms with Gasteiger partial charge in [0.05, 0.1) is 0 Å². The summed E-state index contributed by atoms with van der Waals surface area (Å²) in [7, 11) is 0. The molecule has 0 unspecified atom stereocenters. The number of anilines is 1. The van der Waals surface area contributed by atoms with Crippen molar-refractivity contribution in [2.24, 2.45) is 5.92 Å². The molecule has 0 saturated carbocycles. The average Bonchev–Trinajstić information content (AvgIpc) is 2.76. The van der Waals surface area contributed by atoms with E-state index in [-0.39, 0.29) is 11.7 Å². The summed E-state index contributed by atoms with van der Waals surface area (Å²) >= 11 is 6.11. The number of benzene rings is 2. The van der Waals surface area contributed by atoms with E-state index >= 15 is 0 Å². The molecule has 0 spiro atoms. The number of hydrogen-bond donors (Lipinski definition) is 0. The Morgan fingerprint density at radius 1 is 1.00 bits per heavy atom.